The molecule has 0 saturated heterocycles. The van der Waals surface area contributed by atoms with Crippen molar-refractivity contribution < 1.29 is 14.1 Å². The molecular formula is C24H17FN6O3. The molecule has 10 heteroatoms. The van der Waals surface area contributed by atoms with Crippen LogP contribution >= 0.6 is 0 Å². The molecule has 2 heterocycles. The maximum atomic E-state index is 13.5. The van der Waals surface area contributed by atoms with Gasteiger partial charge in [0.05, 0.1) is 4.92 Å². The van der Waals surface area contributed by atoms with Crippen LogP contribution in [0.25, 0.3) is 5.70 Å². The van der Waals surface area contributed by atoms with Gasteiger partial charge < -0.3 is 5.32 Å². The van der Waals surface area contributed by atoms with Gasteiger partial charge in [-0.3, -0.25) is 20.2 Å². The number of fused-ring (bicyclic) bond motifs is 1. The van der Waals surface area contributed by atoms with E-state index in [-0.39, 0.29) is 23.0 Å². The fraction of sp³-hybridized carbons (Fsp3) is 0.0417. The van der Waals surface area contributed by atoms with Gasteiger partial charge in [0, 0.05) is 23.4 Å². The van der Waals surface area contributed by atoms with Crippen molar-refractivity contribution in [2.75, 3.05) is 10.6 Å². The van der Waals surface area contributed by atoms with Crippen LogP contribution in [0.15, 0.2) is 84.9 Å². The van der Waals surface area contributed by atoms with Crippen LogP contribution in [0.5, 0.6) is 0 Å². The number of nitrogens with one attached hydrogen (secondary N) is 2. The Balaban J connectivity index is 1.46. The Morgan fingerprint density at radius 1 is 1.03 bits per heavy atom. The summed E-state index contributed by atoms with van der Waals surface area (Å²) in [6.07, 6.45) is 1.95. The Kier molecular flexibility index (Phi) is 5.30. The lowest BCUT2D eigenvalue weighted by Crippen LogP contribution is -2.20. The Bertz CT molecular complexity index is 1400. The SMILES string of the molecule is O=C(Nc1nc2n(n1)[C@@H](c1ccc(F)cc1)C=C(c1ccccc1)N2)c1ccc([N+](=O)[O-])cc1. The second-order valence-electron chi connectivity index (χ2n) is 7.53. The van der Waals surface area contributed by atoms with Gasteiger partial charge in [0.2, 0.25) is 5.95 Å². The first-order valence-electron chi connectivity index (χ1n) is 10.3. The van der Waals surface area contributed by atoms with Gasteiger partial charge in [0.25, 0.3) is 17.5 Å². The topological polar surface area (TPSA) is 115 Å². The fourth-order valence-corrected chi connectivity index (χ4v) is 3.64. The third kappa shape index (κ3) is 4.11. The minimum Gasteiger partial charge on any atom is -0.324 e. The number of benzene rings is 3. The second-order valence-corrected chi connectivity index (χ2v) is 7.53. The number of amides is 1. The zero-order chi connectivity index (χ0) is 23.7. The van der Waals surface area contributed by atoms with Crippen LogP contribution in [-0.2, 0) is 0 Å². The molecule has 0 saturated carbocycles. The number of nitro benzene ring substituents is 1. The molecule has 0 unspecified atom stereocenters. The molecule has 0 bridgehead atoms. The Labute approximate surface area is 192 Å². The van der Waals surface area contributed by atoms with Gasteiger partial charge in [0.1, 0.15) is 11.9 Å². The van der Waals surface area contributed by atoms with Crippen LogP contribution in [0, 0.1) is 15.9 Å². The van der Waals surface area contributed by atoms with Crippen LogP contribution in [0.1, 0.15) is 27.5 Å². The molecule has 1 aromatic heterocycles. The van der Waals surface area contributed by atoms with E-state index in [9.17, 15) is 19.3 Å². The number of hydrogen-bond acceptors (Lipinski definition) is 6. The monoisotopic (exact) mass is 456 g/mol. The molecule has 0 fully saturated rings. The van der Waals surface area contributed by atoms with E-state index in [2.05, 4.69) is 20.7 Å². The smallest absolute Gasteiger partial charge is 0.269 e. The van der Waals surface area contributed by atoms with Crippen LogP contribution in [-0.4, -0.2) is 25.6 Å². The predicted octanol–water partition coefficient (Wildman–Crippen LogP) is 4.63. The van der Waals surface area contributed by atoms with Gasteiger partial charge in [-0.15, -0.1) is 5.10 Å². The number of nitro groups is 1. The lowest BCUT2D eigenvalue weighted by molar-refractivity contribution is -0.384. The molecular weight excluding hydrogens is 439 g/mol. The molecule has 168 valence electrons. The molecule has 34 heavy (non-hydrogen) atoms. The van der Waals surface area contributed by atoms with Gasteiger partial charge in [0.15, 0.2) is 0 Å². The van der Waals surface area contributed by atoms with Crippen molar-refractivity contribution in [3.05, 3.63) is 118 Å². The number of hydrogen-bond donors (Lipinski definition) is 2. The van der Waals surface area contributed by atoms with Crippen LogP contribution in [0.3, 0.4) is 0 Å². The standard InChI is InChI=1S/C24H17FN6O3/c25-18-10-6-16(7-11-18)21-14-20(15-4-2-1-3-5-15)26-24-28-23(29-30(21)24)27-22(32)17-8-12-19(13-9-17)31(33)34/h1-14,21H,(H2,26,27,28,29,32)/t21-/m1/s1. The number of carbonyl (C=O) groups excluding carboxylic acids is 1. The molecule has 1 aliphatic rings. The molecule has 5 rings (SSSR count). The third-order valence-electron chi connectivity index (χ3n) is 5.33. The van der Waals surface area contributed by atoms with Crippen molar-refractivity contribution in [3.63, 3.8) is 0 Å². The predicted molar refractivity (Wildman–Crippen MR) is 124 cm³/mol. The summed E-state index contributed by atoms with van der Waals surface area (Å²) in [6, 6.07) is 20.6. The maximum absolute atomic E-state index is 13.5. The summed E-state index contributed by atoms with van der Waals surface area (Å²) in [4.78, 5) is 27.3. The molecule has 1 aliphatic heterocycles. The first-order valence-corrected chi connectivity index (χ1v) is 10.3. The van der Waals surface area contributed by atoms with E-state index in [4.69, 9.17) is 0 Å². The Morgan fingerprint density at radius 3 is 2.41 bits per heavy atom. The average molecular weight is 456 g/mol. The molecule has 0 aliphatic carbocycles. The highest BCUT2D eigenvalue weighted by Crippen LogP contribution is 2.33. The quantitative estimate of drug-likeness (QED) is 0.334. The molecule has 3 aromatic carbocycles. The summed E-state index contributed by atoms with van der Waals surface area (Å²) < 4.78 is 15.1. The first-order chi connectivity index (χ1) is 16.5. The Hall–Kier alpha value is -4.86. The van der Waals surface area contributed by atoms with Crippen molar-refractivity contribution in [1.29, 1.82) is 0 Å². The number of anilines is 2. The molecule has 1 amide bonds. The number of carbonyl (C=O) groups is 1. The summed E-state index contributed by atoms with van der Waals surface area (Å²) in [5.74, 6) is -0.400. The van der Waals surface area contributed by atoms with E-state index in [1.54, 1.807) is 16.8 Å². The largest absolute Gasteiger partial charge is 0.324 e. The van der Waals surface area contributed by atoms with Crippen molar-refractivity contribution >= 4 is 29.2 Å². The zero-order valence-corrected chi connectivity index (χ0v) is 17.6. The van der Waals surface area contributed by atoms with E-state index in [0.717, 1.165) is 16.8 Å². The number of aromatic nitrogens is 3. The lowest BCUT2D eigenvalue weighted by atomic mass is 10.0. The van der Waals surface area contributed by atoms with Crippen molar-refractivity contribution in [2.45, 2.75) is 6.04 Å². The molecule has 0 spiro atoms. The van der Waals surface area contributed by atoms with Crippen molar-refractivity contribution in [1.82, 2.24) is 14.8 Å². The van der Waals surface area contributed by atoms with Gasteiger partial charge >= 0.3 is 0 Å². The summed E-state index contributed by atoms with van der Waals surface area (Å²) in [6.45, 7) is 0. The van der Waals surface area contributed by atoms with E-state index in [1.165, 1.54) is 36.4 Å². The summed E-state index contributed by atoms with van der Waals surface area (Å²) in [5.41, 5.74) is 2.63. The van der Waals surface area contributed by atoms with E-state index in [1.807, 2.05) is 36.4 Å². The highest BCUT2D eigenvalue weighted by atomic mass is 19.1. The van der Waals surface area contributed by atoms with Crippen molar-refractivity contribution in [3.8, 4) is 0 Å². The Morgan fingerprint density at radius 2 is 1.74 bits per heavy atom. The van der Waals surface area contributed by atoms with Crippen molar-refractivity contribution in [2.24, 2.45) is 0 Å². The minimum absolute atomic E-state index is 0.0562. The molecule has 9 nitrogen and oxygen atoms in total. The average Bonchev–Trinajstić information content (AvgIpc) is 3.27. The number of halogens is 1. The molecule has 0 radical (unpaired) electrons. The number of nitrogens with zero attached hydrogens (tertiary/aromatic N) is 4. The van der Waals surface area contributed by atoms with Crippen LogP contribution in [0.2, 0.25) is 0 Å². The van der Waals surface area contributed by atoms with Crippen LogP contribution < -0.4 is 10.6 Å². The zero-order valence-electron chi connectivity index (χ0n) is 17.6. The third-order valence-corrected chi connectivity index (χ3v) is 5.33. The molecule has 4 aromatic rings. The highest BCUT2D eigenvalue weighted by molar-refractivity contribution is 6.03. The summed E-state index contributed by atoms with van der Waals surface area (Å²) >= 11 is 0. The van der Waals surface area contributed by atoms with E-state index in [0.29, 0.717) is 5.95 Å². The minimum atomic E-state index is -0.536. The second kappa shape index (κ2) is 8.58. The molecule has 1 atom stereocenters. The first kappa shape index (κ1) is 21.0. The summed E-state index contributed by atoms with van der Waals surface area (Å²) in [5, 5.41) is 21.1. The van der Waals surface area contributed by atoms with Gasteiger partial charge in [-0.25, -0.2) is 9.07 Å². The van der Waals surface area contributed by atoms with E-state index >= 15 is 0 Å². The number of non-ortho nitro benzene ring substituents is 1. The summed E-state index contributed by atoms with van der Waals surface area (Å²) in [7, 11) is 0. The van der Waals surface area contributed by atoms with Gasteiger partial charge in [-0.2, -0.15) is 4.98 Å². The lowest BCUT2D eigenvalue weighted by Gasteiger charge is -2.24. The maximum Gasteiger partial charge on any atom is 0.269 e. The highest BCUT2D eigenvalue weighted by Gasteiger charge is 2.26. The number of allylic oxidation sites excluding steroid dienone is 1. The van der Waals surface area contributed by atoms with Crippen LogP contribution in [0.4, 0.5) is 22.0 Å². The normalized spacial score (nSPS) is 14.5. The van der Waals surface area contributed by atoms with Gasteiger partial charge in [-0.1, -0.05) is 42.5 Å². The number of rotatable bonds is 5. The van der Waals surface area contributed by atoms with Gasteiger partial charge in [-0.05, 0) is 41.5 Å². The van der Waals surface area contributed by atoms with E-state index < -0.39 is 16.9 Å². The molecule has 2 N–H and O–H groups in total. The fourth-order valence-electron chi connectivity index (χ4n) is 3.64.